The first-order valence-electron chi connectivity index (χ1n) is 6.55. The number of halogens is 3. The van der Waals surface area contributed by atoms with E-state index < -0.39 is 33.8 Å². The molecule has 0 radical (unpaired) electrons. The third-order valence-electron chi connectivity index (χ3n) is 3.13. The van der Waals surface area contributed by atoms with Crippen LogP contribution >= 0.6 is 0 Å². The van der Waals surface area contributed by atoms with Crippen molar-refractivity contribution in [3.63, 3.8) is 0 Å². The molecule has 0 aliphatic rings. The smallest absolute Gasteiger partial charge is 0.269 e. The van der Waals surface area contributed by atoms with Crippen molar-refractivity contribution in [2.45, 2.75) is 6.42 Å². The van der Waals surface area contributed by atoms with Gasteiger partial charge >= 0.3 is 0 Å². The van der Waals surface area contributed by atoms with Crippen molar-refractivity contribution < 1.29 is 22.9 Å². The van der Waals surface area contributed by atoms with Crippen molar-refractivity contribution in [3.05, 3.63) is 75.1 Å². The van der Waals surface area contributed by atoms with Crippen LogP contribution in [0.5, 0.6) is 0 Å². The van der Waals surface area contributed by atoms with Crippen LogP contribution in [-0.4, -0.2) is 17.4 Å². The van der Waals surface area contributed by atoms with Crippen molar-refractivity contribution in [3.8, 4) is 0 Å². The van der Waals surface area contributed by atoms with Crippen LogP contribution in [0.2, 0.25) is 0 Å². The van der Waals surface area contributed by atoms with Gasteiger partial charge in [0.1, 0.15) is 0 Å². The summed E-state index contributed by atoms with van der Waals surface area (Å²) >= 11 is 0. The average Bonchev–Trinajstić information content (AvgIpc) is 2.53. The lowest BCUT2D eigenvalue weighted by Gasteiger charge is -2.07. The molecule has 1 amide bonds. The average molecular weight is 324 g/mol. The molecule has 2 rings (SSSR count). The zero-order valence-corrected chi connectivity index (χ0v) is 11.7. The number of carbonyl (C=O) groups excluding carboxylic acids is 1. The highest BCUT2D eigenvalue weighted by molar-refractivity contribution is 5.94. The van der Waals surface area contributed by atoms with Crippen molar-refractivity contribution in [1.82, 2.24) is 5.32 Å². The van der Waals surface area contributed by atoms with Gasteiger partial charge in [-0.2, -0.15) is 0 Å². The molecule has 1 N–H and O–H groups in total. The lowest BCUT2D eigenvalue weighted by molar-refractivity contribution is -0.384. The van der Waals surface area contributed by atoms with E-state index in [1.54, 1.807) is 0 Å². The SMILES string of the molecule is O=C(NCCc1ccc([N+](=O)[O-])cc1)c1ccc(F)c(F)c1F. The Labute approximate surface area is 128 Å². The van der Waals surface area contributed by atoms with Crippen LogP contribution in [0.1, 0.15) is 15.9 Å². The van der Waals surface area contributed by atoms with Gasteiger partial charge in [0.15, 0.2) is 17.5 Å². The van der Waals surface area contributed by atoms with Gasteiger partial charge in [-0.1, -0.05) is 12.1 Å². The Kier molecular flexibility index (Phi) is 4.95. The van der Waals surface area contributed by atoms with E-state index in [4.69, 9.17) is 0 Å². The Morgan fingerprint density at radius 2 is 1.70 bits per heavy atom. The molecule has 0 saturated carbocycles. The fraction of sp³-hybridized carbons (Fsp3) is 0.133. The summed E-state index contributed by atoms with van der Waals surface area (Å²) in [6, 6.07) is 7.24. The number of carbonyl (C=O) groups is 1. The van der Waals surface area contributed by atoms with Crippen molar-refractivity contribution in [2.75, 3.05) is 6.54 Å². The molecular weight excluding hydrogens is 313 g/mol. The minimum Gasteiger partial charge on any atom is -0.352 e. The van der Waals surface area contributed by atoms with Crippen molar-refractivity contribution in [1.29, 1.82) is 0 Å². The maximum atomic E-state index is 13.4. The molecule has 8 heteroatoms. The van der Waals surface area contributed by atoms with Crippen LogP contribution < -0.4 is 5.32 Å². The number of benzene rings is 2. The number of nitro groups is 1. The monoisotopic (exact) mass is 324 g/mol. The predicted molar refractivity (Wildman–Crippen MR) is 75.4 cm³/mol. The van der Waals surface area contributed by atoms with E-state index in [2.05, 4.69) is 5.32 Å². The molecule has 23 heavy (non-hydrogen) atoms. The zero-order valence-electron chi connectivity index (χ0n) is 11.7. The normalized spacial score (nSPS) is 10.4. The molecule has 0 spiro atoms. The molecule has 0 aromatic heterocycles. The largest absolute Gasteiger partial charge is 0.352 e. The highest BCUT2D eigenvalue weighted by Gasteiger charge is 2.18. The molecule has 0 atom stereocenters. The van der Waals surface area contributed by atoms with E-state index in [0.717, 1.165) is 11.6 Å². The van der Waals surface area contributed by atoms with Crippen LogP contribution in [0.4, 0.5) is 18.9 Å². The Hall–Kier alpha value is -2.90. The van der Waals surface area contributed by atoms with Gasteiger partial charge < -0.3 is 5.32 Å². The second-order valence-corrected chi connectivity index (χ2v) is 4.65. The van der Waals surface area contributed by atoms with Crippen LogP contribution in [-0.2, 0) is 6.42 Å². The third-order valence-corrected chi connectivity index (χ3v) is 3.13. The van der Waals surface area contributed by atoms with E-state index in [1.807, 2.05) is 0 Å². The summed E-state index contributed by atoms with van der Waals surface area (Å²) in [5, 5.41) is 12.9. The number of nitro benzene ring substituents is 1. The summed E-state index contributed by atoms with van der Waals surface area (Å²) in [6.07, 6.45) is 0.342. The number of rotatable bonds is 5. The van der Waals surface area contributed by atoms with Crippen LogP contribution in [0.3, 0.4) is 0 Å². The maximum absolute atomic E-state index is 13.4. The molecule has 0 aliphatic carbocycles. The van der Waals surface area contributed by atoms with Gasteiger partial charge in [0.05, 0.1) is 10.5 Å². The Balaban J connectivity index is 1.95. The molecule has 5 nitrogen and oxygen atoms in total. The molecule has 0 bridgehead atoms. The van der Waals surface area contributed by atoms with Crippen molar-refractivity contribution in [2.24, 2.45) is 0 Å². The second-order valence-electron chi connectivity index (χ2n) is 4.65. The van der Waals surface area contributed by atoms with Crippen LogP contribution in [0.15, 0.2) is 36.4 Å². The predicted octanol–water partition coefficient (Wildman–Crippen LogP) is 2.98. The topological polar surface area (TPSA) is 72.2 Å². The minimum atomic E-state index is -1.70. The van der Waals surface area contributed by atoms with Gasteiger partial charge in [0, 0.05) is 18.7 Å². The van der Waals surface area contributed by atoms with Gasteiger partial charge in [0.2, 0.25) is 0 Å². The van der Waals surface area contributed by atoms with Gasteiger partial charge in [-0.25, -0.2) is 13.2 Å². The van der Waals surface area contributed by atoms with E-state index >= 15 is 0 Å². The first-order valence-corrected chi connectivity index (χ1v) is 6.55. The van der Waals surface area contributed by atoms with E-state index in [9.17, 15) is 28.1 Å². The van der Waals surface area contributed by atoms with E-state index in [-0.39, 0.29) is 12.2 Å². The molecule has 0 saturated heterocycles. The fourth-order valence-corrected chi connectivity index (χ4v) is 1.90. The van der Waals surface area contributed by atoms with Crippen molar-refractivity contribution >= 4 is 11.6 Å². The number of hydrogen-bond acceptors (Lipinski definition) is 3. The molecule has 120 valence electrons. The third kappa shape index (κ3) is 3.85. The summed E-state index contributed by atoms with van der Waals surface area (Å²) in [5.41, 5.74) is 0.0795. The molecule has 0 aliphatic heterocycles. The summed E-state index contributed by atoms with van der Waals surface area (Å²) < 4.78 is 39.3. The first kappa shape index (κ1) is 16.5. The molecule has 0 fully saturated rings. The molecule has 2 aromatic carbocycles. The number of nitrogens with zero attached hydrogens (tertiary/aromatic N) is 1. The van der Waals surface area contributed by atoms with Gasteiger partial charge in [0.25, 0.3) is 11.6 Å². The number of amides is 1. The molecule has 2 aromatic rings. The van der Waals surface area contributed by atoms with E-state index in [0.29, 0.717) is 12.5 Å². The van der Waals surface area contributed by atoms with Gasteiger partial charge in [-0.15, -0.1) is 0 Å². The molecule has 0 heterocycles. The first-order chi connectivity index (χ1) is 10.9. The van der Waals surface area contributed by atoms with E-state index in [1.165, 1.54) is 24.3 Å². The molecular formula is C15H11F3N2O3. The maximum Gasteiger partial charge on any atom is 0.269 e. The fourth-order valence-electron chi connectivity index (χ4n) is 1.90. The standard InChI is InChI=1S/C15H11F3N2O3/c16-12-6-5-11(13(17)14(12)18)15(21)19-8-7-9-1-3-10(4-2-9)20(22)23/h1-6H,7-8H2,(H,19,21). The van der Waals surface area contributed by atoms with Gasteiger partial charge in [-0.05, 0) is 24.1 Å². The Bertz CT molecular complexity index is 748. The summed E-state index contributed by atoms with van der Waals surface area (Å²) in [6.45, 7) is 0.106. The Morgan fingerprint density at radius 3 is 2.30 bits per heavy atom. The lowest BCUT2D eigenvalue weighted by Crippen LogP contribution is -2.27. The molecule has 0 unspecified atom stereocenters. The lowest BCUT2D eigenvalue weighted by atomic mass is 10.1. The Morgan fingerprint density at radius 1 is 1.04 bits per heavy atom. The van der Waals surface area contributed by atoms with Crippen LogP contribution in [0.25, 0.3) is 0 Å². The number of non-ortho nitro benzene ring substituents is 1. The van der Waals surface area contributed by atoms with Gasteiger partial charge in [-0.3, -0.25) is 14.9 Å². The zero-order chi connectivity index (χ0) is 17.0. The van der Waals surface area contributed by atoms with Crippen LogP contribution in [0, 0.1) is 27.6 Å². The highest BCUT2D eigenvalue weighted by atomic mass is 19.2. The highest BCUT2D eigenvalue weighted by Crippen LogP contribution is 2.15. The number of nitrogens with one attached hydrogen (secondary N) is 1. The summed E-state index contributed by atoms with van der Waals surface area (Å²) in [7, 11) is 0. The second kappa shape index (κ2) is 6.91. The minimum absolute atomic E-state index is 0.0540. The quantitative estimate of drug-likeness (QED) is 0.522. The summed E-state index contributed by atoms with van der Waals surface area (Å²) in [5.74, 6) is -5.49. The summed E-state index contributed by atoms with van der Waals surface area (Å²) in [4.78, 5) is 21.7. The number of hydrogen-bond donors (Lipinski definition) is 1.